The van der Waals surface area contributed by atoms with Crippen LogP contribution in [0.2, 0.25) is 0 Å². The fraction of sp³-hybridized carbons (Fsp3) is 0.250. The Morgan fingerprint density at radius 2 is 1.70 bits per heavy atom. The number of pyridine rings is 1. The zero-order valence-electron chi connectivity index (χ0n) is 23.5. The molecule has 0 spiro atoms. The van der Waals surface area contributed by atoms with Gasteiger partial charge >= 0.3 is 5.97 Å². The number of aromatic nitrogens is 1. The second-order valence-electron chi connectivity index (χ2n) is 9.90. The van der Waals surface area contributed by atoms with Gasteiger partial charge in [-0.15, -0.1) is 0 Å². The minimum Gasteiger partial charge on any atom is -0.481 e. The third kappa shape index (κ3) is 8.34. The Balaban J connectivity index is 2.20. The van der Waals surface area contributed by atoms with Gasteiger partial charge in [0.2, 0.25) is 5.88 Å². The van der Waals surface area contributed by atoms with Crippen LogP contribution in [0, 0.1) is 11.3 Å². The number of methoxy groups -OCH3 is 1. The van der Waals surface area contributed by atoms with E-state index in [1.807, 2.05) is 13.8 Å². The van der Waals surface area contributed by atoms with Gasteiger partial charge in [0.1, 0.15) is 17.3 Å². The number of benzene rings is 2. The number of amides is 2. The van der Waals surface area contributed by atoms with Crippen molar-refractivity contribution >= 4 is 39.4 Å². The van der Waals surface area contributed by atoms with Gasteiger partial charge in [0.15, 0.2) is 0 Å². The fourth-order valence-corrected chi connectivity index (χ4v) is 4.65. The van der Waals surface area contributed by atoms with Crippen molar-refractivity contribution < 1.29 is 37.2 Å². The molecule has 0 aliphatic carbocycles. The van der Waals surface area contributed by atoms with Crippen molar-refractivity contribution in [1.82, 2.24) is 10.3 Å². The molecule has 0 aliphatic rings. The van der Waals surface area contributed by atoms with Crippen molar-refractivity contribution in [1.29, 1.82) is 5.41 Å². The number of carbonyl (C=O) groups excluding carboxylic acids is 2. The second kappa shape index (κ2) is 13.4. The molecule has 0 bridgehead atoms. The van der Waals surface area contributed by atoms with Gasteiger partial charge in [0.25, 0.3) is 21.9 Å². The van der Waals surface area contributed by atoms with Gasteiger partial charge in [0, 0.05) is 46.6 Å². The molecule has 0 saturated carbocycles. The fourth-order valence-electron chi connectivity index (χ4n) is 4.03. The van der Waals surface area contributed by atoms with E-state index >= 15 is 0 Å². The number of anilines is 1. The molecule has 2 amide bonds. The predicted molar refractivity (Wildman–Crippen MR) is 159 cm³/mol. The zero-order chi connectivity index (χ0) is 32.1. The Morgan fingerprint density at radius 3 is 2.23 bits per heavy atom. The molecule has 0 fully saturated rings. The number of carboxylic acid groups (broad SMARTS) is 1. The molecule has 14 nitrogen and oxygen atoms in total. The van der Waals surface area contributed by atoms with Gasteiger partial charge in [-0.2, -0.15) is 8.42 Å². The van der Waals surface area contributed by atoms with Gasteiger partial charge in [-0.25, -0.2) is 9.78 Å². The van der Waals surface area contributed by atoms with E-state index in [4.69, 9.17) is 21.6 Å². The first-order chi connectivity index (χ1) is 20.1. The van der Waals surface area contributed by atoms with Gasteiger partial charge in [-0.1, -0.05) is 13.8 Å². The third-order valence-corrected chi connectivity index (χ3v) is 7.10. The number of rotatable bonds is 12. The summed E-state index contributed by atoms with van der Waals surface area (Å²) in [5.74, 6) is -4.30. The summed E-state index contributed by atoms with van der Waals surface area (Å²) in [6, 6.07) is 10.4. The lowest BCUT2D eigenvalue weighted by Crippen LogP contribution is -2.40. The molecule has 1 aromatic heterocycles. The number of nitrogens with zero attached hydrogens (tertiary/aromatic N) is 1. The maximum Gasteiger partial charge on any atom is 0.336 e. The lowest BCUT2D eigenvalue weighted by Gasteiger charge is -2.19. The van der Waals surface area contributed by atoms with Gasteiger partial charge < -0.3 is 31.9 Å². The molecule has 3 rings (SSSR count). The number of hydrogen-bond donors (Lipinski definition) is 7. The highest BCUT2D eigenvalue weighted by Crippen LogP contribution is 2.34. The van der Waals surface area contributed by atoms with E-state index in [0.717, 1.165) is 12.1 Å². The topological polar surface area (TPSA) is 248 Å². The second-order valence-corrected chi connectivity index (χ2v) is 11.4. The first kappa shape index (κ1) is 32.7. The number of amidine groups is 1. The highest BCUT2D eigenvalue weighted by Gasteiger charge is 2.27. The average molecular weight is 613 g/mol. The summed E-state index contributed by atoms with van der Waals surface area (Å²) in [6.07, 6.45) is 0. The zero-order valence-corrected chi connectivity index (χ0v) is 24.4. The highest BCUT2D eigenvalue weighted by atomic mass is 32.2. The minimum atomic E-state index is -4.75. The van der Waals surface area contributed by atoms with Crippen LogP contribution in [0.4, 0.5) is 5.69 Å². The number of hydrogen-bond acceptors (Lipinski definition) is 9. The van der Waals surface area contributed by atoms with Gasteiger partial charge in [-0.3, -0.25) is 19.6 Å². The minimum absolute atomic E-state index is 0.00785. The van der Waals surface area contributed by atoms with Crippen LogP contribution in [-0.4, -0.2) is 66.4 Å². The van der Waals surface area contributed by atoms with Crippen LogP contribution in [0.5, 0.6) is 5.88 Å². The molecular weight excluding hydrogens is 580 g/mol. The Hall–Kier alpha value is -4.86. The van der Waals surface area contributed by atoms with E-state index in [-0.39, 0.29) is 57.8 Å². The monoisotopic (exact) mass is 612 g/mol. The molecule has 0 aliphatic heterocycles. The number of nitrogens with one attached hydrogen (secondary N) is 3. The van der Waals surface area contributed by atoms with E-state index in [9.17, 15) is 32.5 Å². The van der Waals surface area contributed by atoms with Crippen LogP contribution >= 0.6 is 0 Å². The highest BCUT2D eigenvalue weighted by molar-refractivity contribution is 7.85. The molecule has 1 heterocycles. The molecule has 2 aromatic carbocycles. The maximum absolute atomic E-state index is 13.5. The molecule has 43 heavy (non-hydrogen) atoms. The van der Waals surface area contributed by atoms with Crippen molar-refractivity contribution in [2.45, 2.75) is 25.6 Å². The first-order valence-corrected chi connectivity index (χ1v) is 14.4. The SMILES string of the molecule is COc1ccc(-c2c(CS(=O)(=O)O)cc(C(=O)NCC(N)C(C)C)cc2C(=O)O)c(C(=O)Nc2ccc(C(=N)N)cc2)n1. The summed E-state index contributed by atoms with van der Waals surface area (Å²) in [5.41, 5.74) is 10.5. The van der Waals surface area contributed by atoms with Crippen LogP contribution in [0.3, 0.4) is 0 Å². The Labute approximate surface area is 247 Å². The molecule has 1 unspecified atom stereocenters. The third-order valence-electron chi connectivity index (χ3n) is 6.42. The summed E-state index contributed by atoms with van der Waals surface area (Å²) < 4.78 is 38.9. The van der Waals surface area contributed by atoms with E-state index in [1.165, 1.54) is 43.5 Å². The number of ether oxygens (including phenoxy) is 1. The summed E-state index contributed by atoms with van der Waals surface area (Å²) in [7, 11) is -3.45. The molecule has 0 radical (unpaired) electrons. The number of carbonyl (C=O) groups is 3. The van der Waals surface area contributed by atoms with Gasteiger partial charge in [0.05, 0.1) is 12.7 Å². The molecule has 9 N–H and O–H groups in total. The Morgan fingerprint density at radius 1 is 1.05 bits per heavy atom. The lowest BCUT2D eigenvalue weighted by molar-refractivity contribution is 0.0697. The van der Waals surface area contributed by atoms with E-state index in [2.05, 4.69) is 15.6 Å². The average Bonchev–Trinajstić information content (AvgIpc) is 2.94. The van der Waals surface area contributed by atoms with Crippen LogP contribution in [-0.2, 0) is 15.9 Å². The molecular formula is C28H32N6O8S. The van der Waals surface area contributed by atoms with Crippen LogP contribution in [0.15, 0.2) is 48.5 Å². The Bertz CT molecular complexity index is 1670. The van der Waals surface area contributed by atoms with Crippen LogP contribution in [0.1, 0.15) is 56.2 Å². The van der Waals surface area contributed by atoms with Crippen LogP contribution < -0.4 is 26.8 Å². The summed E-state index contributed by atoms with van der Waals surface area (Å²) in [4.78, 5) is 43.1. The molecule has 228 valence electrons. The molecule has 15 heteroatoms. The smallest absolute Gasteiger partial charge is 0.336 e. The maximum atomic E-state index is 13.5. The van der Waals surface area contributed by atoms with Crippen molar-refractivity contribution in [3.8, 4) is 17.0 Å². The standard InChI is InChI=1S/C28H32N6O8S/c1-14(2)21(29)12-32-26(35)16-10-17(13-43(39,40)41)23(20(11-16)28(37)38)19-8-9-22(42-3)34-24(19)27(36)33-18-6-4-15(5-7-18)25(30)31/h4-11,14,21H,12-13,29H2,1-3H3,(H3,30,31)(H,32,35)(H,33,36)(H,37,38)(H,39,40,41). The number of nitrogen functional groups attached to an aromatic ring is 1. The van der Waals surface area contributed by atoms with Crippen LogP contribution in [0.25, 0.3) is 11.1 Å². The molecule has 3 aromatic rings. The summed E-state index contributed by atoms with van der Waals surface area (Å²) >= 11 is 0. The van der Waals surface area contributed by atoms with E-state index in [1.54, 1.807) is 0 Å². The Kier molecular flexibility index (Phi) is 10.2. The summed E-state index contributed by atoms with van der Waals surface area (Å²) in [5, 5.41) is 22.9. The largest absolute Gasteiger partial charge is 0.481 e. The number of nitrogens with two attached hydrogens (primary N) is 2. The van der Waals surface area contributed by atoms with Crippen molar-refractivity contribution in [2.24, 2.45) is 17.4 Å². The lowest BCUT2D eigenvalue weighted by atomic mass is 9.91. The number of carboxylic acids is 1. The first-order valence-electron chi connectivity index (χ1n) is 12.8. The normalized spacial score (nSPS) is 12.0. The summed E-state index contributed by atoms with van der Waals surface area (Å²) in [6.45, 7) is 3.78. The predicted octanol–water partition coefficient (Wildman–Crippen LogP) is 2.09. The van der Waals surface area contributed by atoms with E-state index < -0.39 is 45.3 Å². The van der Waals surface area contributed by atoms with Crippen molar-refractivity contribution in [3.05, 3.63) is 76.5 Å². The quantitative estimate of drug-likeness (QED) is 0.0886. The molecule has 0 saturated heterocycles. The van der Waals surface area contributed by atoms with E-state index in [0.29, 0.717) is 5.56 Å². The van der Waals surface area contributed by atoms with Gasteiger partial charge in [-0.05, 0) is 53.9 Å². The number of aromatic carboxylic acids is 1. The van der Waals surface area contributed by atoms with Crippen molar-refractivity contribution in [3.63, 3.8) is 0 Å². The molecule has 1 atom stereocenters. The van der Waals surface area contributed by atoms with Crippen molar-refractivity contribution in [2.75, 3.05) is 19.0 Å².